The minimum absolute atomic E-state index is 0.216. The second-order valence-corrected chi connectivity index (χ2v) is 5.24. The van der Waals surface area contributed by atoms with Gasteiger partial charge in [-0.05, 0) is 36.6 Å². The van der Waals surface area contributed by atoms with Crippen molar-refractivity contribution in [1.82, 2.24) is 10.2 Å². The lowest BCUT2D eigenvalue weighted by atomic mass is 10.0. The molecule has 1 N–H and O–H groups in total. The third-order valence-electron chi connectivity index (χ3n) is 3.81. The van der Waals surface area contributed by atoms with Crippen molar-refractivity contribution in [1.29, 1.82) is 5.26 Å². The Morgan fingerprint density at radius 3 is 2.86 bits per heavy atom. The van der Waals surface area contributed by atoms with E-state index < -0.39 is 0 Å². The van der Waals surface area contributed by atoms with E-state index in [4.69, 9.17) is 5.26 Å². The molecule has 2 aromatic rings. The van der Waals surface area contributed by atoms with Gasteiger partial charge in [0.2, 0.25) is 0 Å². The fourth-order valence-electron chi connectivity index (χ4n) is 2.74. The highest BCUT2D eigenvalue weighted by Crippen LogP contribution is 2.33. The van der Waals surface area contributed by atoms with E-state index in [9.17, 15) is 0 Å². The van der Waals surface area contributed by atoms with E-state index in [2.05, 4.69) is 51.7 Å². The second kappa shape index (κ2) is 5.80. The van der Waals surface area contributed by atoms with E-state index in [1.54, 1.807) is 6.07 Å². The van der Waals surface area contributed by atoms with Gasteiger partial charge in [-0.15, -0.1) is 10.2 Å². The summed E-state index contributed by atoms with van der Waals surface area (Å²) >= 11 is 0. The summed E-state index contributed by atoms with van der Waals surface area (Å²) in [6, 6.07) is 14.1. The van der Waals surface area contributed by atoms with Gasteiger partial charge in [-0.25, -0.2) is 0 Å². The van der Waals surface area contributed by atoms with Crippen molar-refractivity contribution < 1.29 is 0 Å². The van der Waals surface area contributed by atoms with Crippen LogP contribution in [0.1, 0.15) is 30.1 Å². The van der Waals surface area contributed by atoms with Crippen molar-refractivity contribution in [3.63, 3.8) is 0 Å². The first-order valence-electron chi connectivity index (χ1n) is 7.08. The number of nitrogens with zero attached hydrogens (tertiary/aromatic N) is 4. The molecule has 1 atom stereocenters. The minimum atomic E-state index is 0.216. The molecule has 106 valence electrons. The van der Waals surface area contributed by atoms with Crippen LogP contribution in [0.2, 0.25) is 0 Å². The molecule has 0 bridgehead atoms. The molecule has 0 spiro atoms. The number of hydrogen-bond donors (Lipinski definition) is 1. The quantitative estimate of drug-likeness (QED) is 0.915. The van der Waals surface area contributed by atoms with Gasteiger partial charge in [0.1, 0.15) is 11.9 Å². The van der Waals surface area contributed by atoms with Crippen LogP contribution in [0.25, 0.3) is 0 Å². The Morgan fingerprint density at radius 2 is 2.10 bits per heavy atom. The van der Waals surface area contributed by atoms with Gasteiger partial charge < -0.3 is 10.2 Å². The third-order valence-corrected chi connectivity index (χ3v) is 3.81. The van der Waals surface area contributed by atoms with Gasteiger partial charge in [-0.2, -0.15) is 5.26 Å². The summed E-state index contributed by atoms with van der Waals surface area (Å²) in [6.45, 7) is 1.05. The predicted molar refractivity (Wildman–Crippen MR) is 82.1 cm³/mol. The number of nitriles is 1. The summed E-state index contributed by atoms with van der Waals surface area (Å²) in [5.41, 5.74) is 2.87. The van der Waals surface area contributed by atoms with Gasteiger partial charge in [0.15, 0.2) is 5.69 Å². The lowest BCUT2D eigenvalue weighted by molar-refractivity contribution is 0.663. The average Bonchev–Trinajstić information content (AvgIpc) is 2.69. The summed E-state index contributed by atoms with van der Waals surface area (Å²) in [5.74, 6) is 0.707. The maximum atomic E-state index is 8.77. The molecular formula is C16H17N5. The third kappa shape index (κ3) is 2.79. The molecule has 0 aliphatic carbocycles. The van der Waals surface area contributed by atoms with Gasteiger partial charge in [0, 0.05) is 19.3 Å². The van der Waals surface area contributed by atoms with Gasteiger partial charge in [-0.3, -0.25) is 0 Å². The smallest absolute Gasteiger partial charge is 0.163 e. The molecule has 0 amide bonds. The second-order valence-electron chi connectivity index (χ2n) is 5.24. The molecule has 5 nitrogen and oxygen atoms in total. The molecule has 0 fully saturated rings. The van der Waals surface area contributed by atoms with E-state index in [1.165, 1.54) is 11.3 Å². The topological polar surface area (TPSA) is 64.8 Å². The summed E-state index contributed by atoms with van der Waals surface area (Å²) in [7, 11) is 2.13. The standard InChI is InChI=1S/C16H17N5/c1-21-10-4-6-14(13-5-2-3-7-15(13)21)18-16-9-8-12(11-17)19-20-16/h2-3,5,7-9,14H,4,6,10H2,1H3,(H,18,20). The van der Waals surface area contributed by atoms with Crippen molar-refractivity contribution in [3.8, 4) is 6.07 Å². The average molecular weight is 279 g/mol. The summed E-state index contributed by atoms with van der Waals surface area (Å²) in [5, 5.41) is 20.1. The Kier molecular flexibility index (Phi) is 3.69. The van der Waals surface area contributed by atoms with Crippen molar-refractivity contribution in [2.45, 2.75) is 18.9 Å². The monoisotopic (exact) mass is 279 g/mol. The number of anilines is 2. The molecule has 1 aromatic carbocycles. The molecule has 3 rings (SSSR count). The van der Waals surface area contributed by atoms with Gasteiger partial charge in [0.25, 0.3) is 0 Å². The fraction of sp³-hybridized carbons (Fsp3) is 0.312. The molecule has 5 heteroatoms. The molecule has 21 heavy (non-hydrogen) atoms. The highest BCUT2D eigenvalue weighted by atomic mass is 15.2. The van der Waals surface area contributed by atoms with Crippen LogP contribution >= 0.6 is 0 Å². The zero-order valence-corrected chi connectivity index (χ0v) is 12.0. The Balaban J connectivity index is 1.87. The summed E-state index contributed by atoms with van der Waals surface area (Å²) in [6.07, 6.45) is 2.16. The van der Waals surface area contributed by atoms with E-state index in [0.717, 1.165) is 19.4 Å². The summed E-state index contributed by atoms with van der Waals surface area (Å²) < 4.78 is 0. The molecule has 1 aliphatic rings. The lowest BCUT2D eigenvalue weighted by Crippen LogP contribution is -2.17. The van der Waals surface area contributed by atoms with Crippen LogP contribution < -0.4 is 10.2 Å². The first-order valence-corrected chi connectivity index (χ1v) is 7.08. The largest absolute Gasteiger partial charge is 0.374 e. The van der Waals surface area contributed by atoms with Gasteiger partial charge in [0.05, 0.1) is 6.04 Å². The van der Waals surface area contributed by atoms with Crippen molar-refractivity contribution in [3.05, 3.63) is 47.7 Å². The van der Waals surface area contributed by atoms with E-state index in [1.807, 2.05) is 12.1 Å². The first-order chi connectivity index (χ1) is 10.3. The van der Waals surface area contributed by atoms with Crippen LogP contribution in [0.4, 0.5) is 11.5 Å². The van der Waals surface area contributed by atoms with Crippen molar-refractivity contribution in [2.75, 3.05) is 23.8 Å². The SMILES string of the molecule is CN1CCCC(Nc2ccc(C#N)nn2)c2ccccc21. The van der Waals surface area contributed by atoms with Crippen LogP contribution in [0.3, 0.4) is 0 Å². The Hall–Kier alpha value is -2.61. The zero-order valence-electron chi connectivity index (χ0n) is 12.0. The Bertz CT molecular complexity index is 659. The van der Waals surface area contributed by atoms with Crippen molar-refractivity contribution >= 4 is 11.5 Å². The summed E-state index contributed by atoms with van der Waals surface area (Å²) in [4.78, 5) is 2.29. The number of rotatable bonds is 2. The van der Waals surface area contributed by atoms with Gasteiger partial charge >= 0.3 is 0 Å². The van der Waals surface area contributed by atoms with E-state index >= 15 is 0 Å². The number of hydrogen-bond acceptors (Lipinski definition) is 5. The van der Waals surface area contributed by atoms with Gasteiger partial charge in [-0.1, -0.05) is 18.2 Å². The number of nitrogens with one attached hydrogen (secondary N) is 1. The molecule has 1 aromatic heterocycles. The normalized spacial score (nSPS) is 17.5. The van der Waals surface area contributed by atoms with Crippen LogP contribution in [-0.4, -0.2) is 23.8 Å². The van der Waals surface area contributed by atoms with Crippen LogP contribution in [0, 0.1) is 11.3 Å². The maximum absolute atomic E-state index is 8.77. The zero-order chi connectivity index (χ0) is 14.7. The van der Waals surface area contributed by atoms with Crippen LogP contribution in [0.15, 0.2) is 36.4 Å². The fourth-order valence-corrected chi connectivity index (χ4v) is 2.74. The minimum Gasteiger partial charge on any atom is -0.374 e. The highest BCUT2D eigenvalue weighted by molar-refractivity contribution is 5.57. The van der Waals surface area contributed by atoms with E-state index in [0.29, 0.717) is 11.5 Å². The molecule has 0 radical (unpaired) electrons. The maximum Gasteiger partial charge on any atom is 0.163 e. The van der Waals surface area contributed by atoms with E-state index in [-0.39, 0.29) is 6.04 Å². The molecule has 2 heterocycles. The molecule has 0 saturated carbocycles. The van der Waals surface area contributed by atoms with Crippen LogP contribution in [-0.2, 0) is 0 Å². The van der Waals surface area contributed by atoms with Crippen molar-refractivity contribution in [2.24, 2.45) is 0 Å². The first kappa shape index (κ1) is 13.4. The lowest BCUT2D eigenvalue weighted by Gasteiger charge is -2.22. The molecule has 0 saturated heterocycles. The number of benzene rings is 1. The predicted octanol–water partition coefficient (Wildman–Crippen LogP) is 2.73. The highest BCUT2D eigenvalue weighted by Gasteiger charge is 2.21. The number of aromatic nitrogens is 2. The Labute approximate surface area is 124 Å². The molecular weight excluding hydrogens is 262 g/mol. The number of fused-ring (bicyclic) bond motifs is 1. The van der Waals surface area contributed by atoms with Crippen LogP contribution in [0.5, 0.6) is 0 Å². The number of para-hydroxylation sites is 1. The Morgan fingerprint density at radius 1 is 1.24 bits per heavy atom. The molecule has 1 aliphatic heterocycles. The molecule has 1 unspecified atom stereocenters.